The molecule has 0 fully saturated rings. The SMILES string of the molecule is NC(=O)N[C@H]([C]=O)Cc1ccccc1. The number of hydrogen-bond donors (Lipinski definition) is 2. The minimum atomic E-state index is -0.714. The van der Waals surface area contributed by atoms with Gasteiger partial charge in [0.15, 0.2) is 0 Å². The van der Waals surface area contributed by atoms with Crippen LogP contribution in [0.25, 0.3) is 0 Å². The van der Waals surface area contributed by atoms with Gasteiger partial charge in [-0.1, -0.05) is 30.3 Å². The van der Waals surface area contributed by atoms with Crippen molar-refractivity contribution in [1.82, 2.24) is 5.32 Å². The van der Waals surface area contributed by atoms with Crippen LogP contribution >= 0.6 is 0 Å². The van der Waals surface area contributed by atoms with E-state index in [0.29, 0.717) is 6.42 Å². The fourth-order valence-corrected chi connectivity index (χ4v) is 1.14. The maximum Gasteiger partial charge on any atom is 0.312 e. The van der Waals surface area contributed by atoms with Crippen molar-refractivity contribution >= 4 is 12.3 Å². The van der Waals surface area contributed by atoms with Gasteiger partial charge in [0.1, 0.15) is 6.04 Å². The molecular weight excluding hydrogens is 180 g/mol. The van der Waals surface area contributed by atoms with Gasteiger partial charge in [-0.05, 0) is 5.56 Å². The van der Waals surface area contributed by atoms with Crippen LogP contribution in [-0.4, -0.2) is 18.4 Å². The number of carbonyl (C=O) groups is 1. The van der Waals surface area contributed by atoms with Gasteiger partial charge in [-0.2, -0.15) is 0 Å². The van der Waals surface area contributed by atoms with Gasteiger partial charge in [0, 0.05) is 6.42 Å². The molecule has 1 atom stereocenters. The summed E-state index contributed by atoms with van der Waals surface area (Å²) >= 11 is 0. The lowest BCUT2D eigenvalue weighted by molar-refractivity contribution is 0.247. The second kappa shape index (κ2) is 5.01. The summed E-state index contributed by atoms with van der Waals surface area (Å²) in [5.74, 6) is 0. The Morgan fingerprint density at radius 2 is 2.07 bits per heavy atom. The highest BCUT2D eigenvalue weighted by Gasteiger charge is 2.10. The van der Waals surface area contributed by atoms with Gasteiger partial charge in [0.2, 0.25) is 6.29 Å². The van der Waals surface area contributed by atoms with E-state index in [1.807, 2.05) is 30.3 Å². The number of benzene rings is 1. The quantitative estimate of drug-likeness (QED) is 0.722. The summed E-state index contributed by atoms with van der Waals surface area (Å²) in [6.45, 7) is 0. The molecule has 0 unspecified atom stereocenters. The Morgan fingerprint density at radius 1 is 1.43 bits per heavy atom. The molecule has 1 radical (unpaired) electrons. The van der Waals surface area contributed by atoms with Crippen LogP contribution in [0.1, 0.15) is 5.56 Å². The Morgan fingerprint density at radius 3 is 2.57 bits per heavy atom. The molecule has 4 nitrogen and oxygen atoms in total. The Hall–Kier alpha value is -1.84. The van der Waals surface area contributed by atoms with E-state index in [1.165, 1.54) is 0 Å². The minimum Gasteiger partial charge on any atom is -0.352 e. The summed E-state index contributed by atoms with van der Waals surface area (Å²) in [7, 11) is 0. The van der Waals surface area contributed by atoms with E-state index < -0.39 is 12.1 Å². The van der Waals surface area contributed by atoms with E-state index in [1.54, 1.807) is 6.29 Å². The van der Waals surface area contributed by atoms with Crippen LogP contribution in [-0.2, 0) is 11.2 Å². The van der Waals surface area contributed by atoms with Gasteiger partial charge in [0.25, 0.3) is 0 Å². The largest absolute Gasteiger partial charge is 0.352 e. The maximum atomic E-state index is 10.5. The zero-order valence-corrected chi connectivity index (χ0v) is 7.57. The predicted octanol–water partition coefficient (Wildman–Crippen LogP) is 0.376. The maximum absolute atomic E-state index is 10.5. The molecule has 3 N–H and O–H groups in total. The van der Waals surface area contributed by atoms with Gasteiger partial charge in [-0.15, -0.1) is 0 Å². The van der Waals surface area contributed by atoms with Gasteiger partial charge in [-0.3, -0.25) is 4.79 Å². The molecule has 1 aromatic carbocycles. The Labute approximate surface area is 82.1 Å². The molecule has 1 rings (SSSR count). The van der Waals surface area contributed by atoms with E-state index in [2.05, 4.69) is 5.32 Å². The van der Waals surface area contributed by atoms with Crippen molar-refractivity contribution in [2.45, 2.75) is 12.5 Å². The number of carbonyl (C=O) groups excluding carboxylic acids is 2. The predicted molar refractivity (Wildman–Crippen MR) is 52.3 cm³/mol. The van der Waals surface area contributed by atoms with Crippen LogP contribution < -0.4 is 11.1 Å². The second-order valence-corrected chi connectivity index (χ2v) is 2.87. The van der Waals surface area contributed by atoms with E-state index >= 15 is 0 Å². The van der Waals surface area contributed by atoms with Crippen LogP contribution in [0.3, 0.4) is 0 Å². The van der Waals surface area contributed by atoms with Crippen molar-refractivity contribution in [2.24, 2.45) is 5.73 Å². The Balaban J connectivity index is 2.57. The number of rotatable bonds is 4. The van der Waals surface area contributed by atoms with Gasteiger partial charge < -0.3 is 11.1 Å². The topological polar surface area (TPSA) is 72.2 Å². The lowest BCUT2D eigenvalue weighted by atomic mass is 10.1. The number of nitrogens with one attached hydrogen (secondary N) is 1. The molecule has 14 heavy (non-hydrogen) atoms. The van der Waals surface area contributed by atoms with Crippen LogP contribution in [0.4, 0.5) is 4.79 Å². The summed E-state index contributed by atoms with van der Waals surface area (Å²) in [5, 5.41) is 2.29. The number of urea groups is 1. The zero-order chi connectivity index (χ0) is 10.4. The average molecular weight is 191 g/mol. The molecule has 1 aromatic rings. The molecule has 0 saturated heterocycles. The van der Waals surface area contributed by atoms with Crippen molar-refractivity contribution in [3.63, 3.8) is 0 Å². The fraction of sp³-hybridized carbons (Fsp3) is 0.200. The molecule has 0 spiro atoms. The highest BCUT2D eigenvalue weighted by atomic mass is 16.2. The zero-order valence-electron chi connectivity index (χ0n) is 7.57. The number of amides is 2. The Kier molecular flexibility index (Phi) is 3.67. The molecule has 0 heterocycles. The third-order valence-electron chi connectivity index (χ3n) is 1.74. The normalized spacial score (nSPS) is 11.7. The summed E-state index contributed by atoms with van der Waals surface area (Å²) in [4.78, 5) is 20.9. The molecule has 73 valence electrons. The summed E-state index contributed by atoms with van der Waals surface area (Å²) in [6.07, 6.45) is 2.13. The first kappa shape index (κ1) is 10.2. The molecule has 0 saturated carbocycles. The third kappa shape index (κ3) is 3.26. The molecule has 0 bridgehead atoms. The lowest BCUT2D eigenvalue weighted by Crippen LogP contribution is -2.40. The van der Waals surface area contributed by atoms with Gasteiger partial charge in [-0.25, -0.2) is 4.79 Å². The lowest BCUT2D eigenvalue weighted by Gasteiger charge is -2.09. The standard InChI is InChI=1S/C10H11N2O2/c11-10(14)12-9(7-13)6-8-4-2-1-3-5-8/h1-5,9H,6H2,(H3,11,12,14)/t9-/m0/s1. The van der Waals surface area contributed by atoms with Crippen molar-refractivity contribution in [1.29, 1.82) is 0 Å². The van der Waals surface area contributed by atoms with Crippen LogP contribution in [0, 0.1) is 0 Å². The minimum absolute atomic E-state index is 0.410. The molecule has 0 aromatic heterocycles. The van der Waals surface area contributed by atoms with E-state index in [-0.39, 0.29) is 0 Å². The first-order chi connectivity index (χ1) is 6.72. The van der Waals surface area contributed by atoms with E-state index in [0.717, 1.165) is 5.56 Å². The van der Waals surface area contributed by atoms with E-state index in [9.17, 15) is 9.59 Å². The molecule has 4 heteroatoms. The smallest absolute Gasteiger partial charge is 0.312 e. The average Bonchev–Trinajstić information content (AvgIpc) is 2.17. The second-order valence-electron chi connectivity index (χ2n) is 2.87. The third-order valence-corrected chi connectivity index (χ3v) is 1.74. The molecule has 0 aliphatic carbocycles. The molecular formula is C10H11N2O2. The van der Waals surface area contributed by atoms with Gasteiger partial charge in [0.05, 0.1) is 0 Å². The highest BCUT2D eigenvalue weighted by Crippen LogP contribution is 2.01. The first-order valence-electron chi connectivity index (χ1n) is 4.20. The molecule has 0 aliphatic rings. The molecule has 2 amide bonds. The summed E-state index contributed by atoms with van der Waals surface area (Å²) < 4.78 is 0. The number of primary amides is 1. The van der Waals surface area contributed by atoms with Crippen molar-refractivity contribution in [3.8, 4) is 0 Å². The Bertz CT molecular complexity index is 311. The molecule has 0 aliphatic heterocycles. The number of nitrogens with two attached hydrogens (primary N) is 1. The number of hydrogen-bond acceptors (Lipinski definition) is 2. The van der Waals surface area contributed by atoms with Crippen molar-refractivity contribution < 1.29 is 9.59 Å². The summed E-state index contributed by atoms with van der Waals surface area (Å²) in [6, 6.07) is 7.96. The van der Waals surface area contributed by atoms with E-state index in [4.69, 9.17) is 5.73 Å². The van der Waals surface area contributed by atoms with Gasteiger partial charge >= 0.3 is 6.03 Å². The van der Waals surface area contributed by atoms with Crippen LogP contribution in [0.5, 0.6) is 0 Å². The first-order valence-corrected chi connectivity index (χ1v) is 4.20. The van der Waals surface area contributed by atoms with Crippen LogP contribution in [0.15, 0.2) is 30.3 Å². The monoisotopic (exact) mass is 191 g/mol. The highest BCUT2D eigenvalue weighted by molar-refractivity contribution is 5.76. The van der Waals surface area contributed by atoms with Crippen molar-refractivity contribution in [3.05, 3.63) is 35.9 Å². The van der Waals surface area contributed by atoms with Crippen LogP contribution in [0.2, 0.25) is 0 Å². The summed E-state index contributed by atoms with van der Waals surface area (Å²) in [5.41, 5.74) is 5.85. The fourth-order valence-electron chi connectivity index (χ4n) is 1.14. The van der Waals surface area contributed by atoms with Crippen molar-refractivity contribution in [2.75, 3.05) is 0 Å².